The Balaban J connectivity index is 2.73. The maximum atomic E-state index is 6.97. The minimum Gasteiger partial charge on any atom is -0.456 e. The van der Waals surface area contributed by atoms with Gasteiger partial charge in [0.15, 0.2) is 16.6 Å². The van der Waals surface area contributed by atoms with Gasteiger partial charge in [-0.3, -0.25) is 0 Å². The fourth-order valence-corrected chi connectivity index (χ4v) is 34.7. The van der Waals surface area contributed by atoms with Gasteiger partial charge in [-0.1, -0.05) is 56.2 Å². The molecule has 0 aromatic heterocycles. The van der Waals surface area contributed by atoms with Crippen molar-refractivity contribution in [2.24, 2.45) is 0 Å². The van der Waals surface area contributed by atoms with Gasteiger partial charge in [0.05, 0.1) is 8.07 Å². The Hall–Kier alpha value is 0.664. The van der Waals surface area contributed by atoms with Gasteiger partial charge in [-0.2, -0.15) is 0 Å². The lowest BCUT2D eigenvalue weighted by atomic mass is 10.3. The van der Waals surface area contributed by atoms with Crippen LogP contribution in [0.4, 0.5) is 0 Å². The summed E-state index contributed by atoms with van der Waals surface area (Å²) in [5, 5.41) is 0. The maximum Gasteiger partial charge on any atom is 0.499 e. The molecular formula is C21H50O4Si5. The molecule has 0 aromatic carbocycles. The fraction of sp³-hybridized carbons (Fsp3) is 0.905. The first-order chi connectivity index (χ1) is 13.8. The molecule has 0 radical (unpaired) electrons. The normalized spacial score (nSPS) is 26.8. The van der Waals surface area contributed by atoms with Gasteiger partial charge >= 0.3 is 8.80 Å². The van der Waals surface area contributed by atoms with Crippen molar-refractivity contribution < 1.29 is 17.4 Å². The van der Waals surface area contributed by atoms with Gasteiger partial charge < -0.3 is 17.4 Å². The molecule has 1 aliphatic heterocycles. The highest BCUT2D eigenvalue weighted by atomic mass is 28.4. The SMILES string of the molecule is C=C[Si]1(C)CCCCC[Si](C)(CC[Si](C)(C)O[Si](C)(C)CC[Si](OC)(OC)OC)C1. The summed E-state index contributed by atoms with van der Waals surface area (Å²) in [5.41, 5.74) is 3.94. The summed E-state index contributed by atoms with van der Waals surface area (Å²) in [7, 11) is -3.38. The van der Waals surface area contributed by atoms with E-state index in [-0.39, 0.29) is 0 Å². The van der Waals surface area contributed by atoms with Crippen LogP contribution in [0.2, 0.25) is 81.2 Å². The Morgan fingerprint density at radius 2 is 1.33 bits per heavy atom. The summed E-state index contributed by atoms with van der Waals surface area (Å²) < 4.78 is 23.9. The molecule has 178 valence electrons. The lowest BCUT2D eigenvalue weighted by Gasteiger charge is -2.41. The standard InChI is InChI=1S/C21H50O4Si5/c1-11-28(9)15-13-12-14-16-29(10,21-28)19-17-26(5,6)25-27(7,8)18-20-30(22-2,23-3)24-4/h11H,1,12-21H2,2-10H3. The molecule has 0 aromatic rings. The van der Waals surface area contributed by atoms with Gasteiger partial charge in [0.2, 0.25) is 0 Å². The Labute approximate surface area is 192 Å². The molecule has 1 aliphatic rings. The van der Waals surface area contributed by atoms with Crippen molar-refractivity contribution in [1.29, 1.82) is 0 Å². The zero-order valence-corrected chi connectivity index (χ0v) is 26.5. The van der Waals surface area contributed by atoms with Crippen molar-refractivity contribution in [3.63, 3.8) is 0 Å². The number of hydrogen-bond acceptors (Lipinski definition) is 4. The van der Waals surface area contributed by atoms with Gasteiger partial charge in [0, 0.05) is 35.4 Å². The van der Waals surface area contributed by atoms with Crippen LogP contribution >= 0.6 is 0 Å². The third-order valence-corrected chi connectivity index (χ3v) is 30.4. The third kappa shape index (κ3) is 9.26. The highest BCUT2D eigenvalue weighted by molar-refractivity contribution is 6.99. The molecule has 0 N–H and O–H groups in total. The number of rotatable bonds is 12. The first-order valence-electron chi connectivity index (χ1n) is 11.8. The van der Waals surface area contributed by atoms with E-state index in [1.807, 2.05) is 0 Å². The molecule has 4 nitrogen and oxygen atoms in total. The van der Waals surface area contributed by atoms with Crippen molar-refractivity contribution in [3.8, 4) is 0 Å². The zero-order valence-electron chi connectivity index (χ0n) is 21.5. The van der Waals surface area contributed by atoms with Crippen molar-refractivity contribution >= 4 is 41.6 Å². The van der Waals surface area contributed by atoms with Crippen LogP contribution < -0.4 is 0 Å². The highest BCUT2D eigenvalue weighted by Crippen LogP contribution is 2.38. The Morgan fingerprint density at radius 3 is 1.87 bits per heavy atom. The molecule has 1 heterocycles. The van der Waals surface area contributed by atoms with E-state index in [0.717, 1.165) is 12.1 Å². The quantitative estimate of drug-likeness (QED) is 0.270. The van der Waals surface area contributed by atoms with Crippen LogP contribution in [0.25, 0.3) is 0 Å². The molecule has 0 aliphatic carbocycles. The second-order valence-corrected chi connectivity index (χ2v) is 33.5. The summed E-state index contributed by atoms with van der Waals surface area (Å²) in [4.78, 5) is 0. The van der Waals surface area contributed by atoms with Crippen molar-refractivity contribution in [2.75, 3.05) is 21.3 Å². The van der Waals surface area contributed by atoms with Crippen LogP contribution in [0.3, 0.4) is 0 Å². The molecule has 1 fully saturated rings. The first-order valence-corrected chi connectivity index (χ1v) is 26.0. The lowest BCUT2D eigenvalue weighted by molar-refractivity contribution is 0.125. The molecule has 1 rings (SSSR count). The van der Waals surface area contributed by atoms with E-state index in [1.54, 1.807) is 27.0 Å². The van der Waals surface area contributed by atoms with E-state index in [4.69, 9.17) is 17.4 Å². The molecule has 1 saturated heterocycles. The van der Waals surface area contributed by atoms with Crippen LogP contribution in [0.15, 0.2) is 12.3 Å². The van der Waals surface area contributed by atoms with E-state index < -0.39 is 41.6 Å². The monoisotopic (exact) mass is 506 g/mol. The fourth-order valence-electron chi connectivity index (χ4n) is 5.26. The molecule has 9 heteroatoms. The smallest absolute Gasteiger partial charge is 0.456 e. The van der Waals surface area contributed by atoms with Crippen LogP contribution in [0.1, 0.15) is 19.3 Å². The second kappa shape index (κ2) is 11.7. The lowest BCUT2D eigenvalue weighted by Crippen LogP contribution is -2.49. The van der Waals surface area contributed by atoms with Crippen molar-refractivity contribution in [1.82, 2.24) is 0 Å². The Bertz CT molecular complexity index is 533. The average Bonchev–Trinajstić information content (AvgIpc) is 2.66. The Kier molecular flexibility index (Phi) is 11.2. The van der Waals surface area contributed by atoms with Crippen LogP contribution in [0.5, 0.6) is 0 Å². The van der Waals surface area contributed by atoms with Gasteiger partial charge in [-0.25, -0.2) is 0 Å². The van der Waals surface area contributed by atoms with Gasteiger partial charge in [-0.05, 0) is 38.3 Å². The molecular weight excluding hydrogens is 457 g/mol. The van der Waals surface area contributed by atoms with Gasteiger partial charge in [0.25, 0.3) is 0 Å². The van der Waals surface area contributed by atoms with Gasteiger partial charge in [0.1, 0.15) is 0 Å². The van der Waals surface area contributed by atoms with E-state index in [2.05, 4.69) is 51.6 Å². The molecule has 0 amide bonds. The maximum absolute atomic E-state index is 6.97. The Morgan fingerprint density at radius 1 is 0.800 bits per heavy atom. The highest BCUT2D eigenvalue weighted by Gasteiger charge is 2.43. The van der Waals surface area contributed by atoms with Crippen LogP contribution in [-0.2, 0) is 17.4 Å². The zero-order chi connectivity index (χ0) is 23.1. The molecule has 30 heavy (non-hydrogen) atoms. The average molecular weight is 507 g/mol. The molecule has 0 bridgehead atoms. The van der Waals surface area contributed by atoms with E-state index >= 15 is 0 Å². The van der Waals surface area contributed by atoms with E-state index in [1.165, 1.54) is 43.4 Å². The number of hydrogen-bond donors (Lipinski definition) is 0. The van der Waals surface area contributed by atoms with Crippen LogP contribution in [0, 0.1) is 0 Å². The largest absolute Gasteiger partial charge is 0.499 e. The first kappa shape index (κ1) is 28.7. The molecule has 0 spiro atoms. The summed E-state index contributed by atoms with van der Waals surface area (Å²) in [6.07, 6.45) is 4.31. The third-order valence-electron chi connectivity index (χ3n) is 7.20. The summed E-state index contributed by atoms with van der Waals surface area (Å²) in [5.74, 6) is 0. The van der Waals surface area contributed by atoms with Gasteiger partial charge in [-0.15, -0.1) is 12.3 Å². The predicted molar refractivity (Wildman–Crippen MR) is 144 cm³/mol. The minimum atomic E-state index is -2.52. The molecule has 2 unspecified atom stereocenters. The van der Waals surface area contributed by atoms with Crippen LogP contribution in [-0.4, -0.2) is 62.9 Å². The van der Waals surface area contributed by atoms with Crippen molar-refractivity contribution in [3.05, 3.63) is 12.3 Å². The topological polar surface area (TPSA) is 36.9 Å². The van der Waals surface area contributed by atoms with E-state index in [0.29, 0.717) is 0 Å². The summed E-state index contributed by atoms with van der Waals surface area (Å²) >= 11 is 0. The predicted octanol–water partition coefficient (Wildman–Crippen LogP) is 6.90. The second-order valence-electron chi connectivity index (χ2n) is 11.3. The molecule has 2 atom stereocenters. The molecule has 0 saturated carbocycles. The summed E-state index contributed by atoms with van der Waals surface area (Å²) in [6.45, 7) is 19.1. The van der Waals surface area contributed by atoms with Crippen molar-refractivity contribution in [2.45, 2.75) is 100 Å². The minimum absolute atomic E-state index is 0.843. The van der Waals surface area contributed by atoms with E-state index in [9.17, 15) is 0 Å². The summed E-state index contributed by atoms with van der Waals surface area (Å²) in [6, 6.07) is 7.60.